The Morgan fingerprint density at radius 1 is 1.43 bits per heavy atom. The lowest BCUT2D eigenvalue weighted by Crippen LogP contribution is -2.17. The highest BCUT2D eigenvalue weighted by molar-refractivity contribution is 5.33. The van der Waals surface area contributed by atoms with Crippen molar-refractivity contribution in [3.8, 4) is 18.1 Å². The van der Waals surface area contributed by atoms with E-state index in [1.165, 1.54) is 5.56 Å². The van der Waals surface area contributed by atoms with Crippen LogP contribution in [0.4, 0.5) is 0 Å². The predicted molar refractivity (Wildman–Crippen MR) is 58.4 cm³/mol. The van der Waals surface area contributed by atoms with Crippen molar-refractivity contribution >= 4 is 0 Å². The van der Waals surface area contributed by atoms with Gasteiger partial charge in [0, 0.05) is 6.54 Å². The molecule has 74 valence electrons. The second-order valence-corrected chi connectivity index (χ2v) is 2.94. The fraction of sp³-hybridized carbons (Fsp3) is 0.333. The molecule has 0 atom stereocenters. The van der Waals surface area contributed by atoms with Gasteiger partial charge in [0.05, 0.1) is 13.7 Å². The Kier molecular flexibility index (Phi) is 4.60. The van der Waals surface area contributed by atoms with Crippen LogP contribution >= 0.6 is 0 Å². The summed E-state index contributed by atoms with van der Waals surface area (Å²) in [4.78, 5) is 0. The van der Waals surface area contributed by atoms with Crippen LogP contribution in [0, 0.1) is 12.3 Å². The maximum Gasteiger partial charge on any atom is 0.122 e. The number of rotatable bonds is 5. The predicted octanol–water partition coefficient (Wildman–Crippen LogP) is 1.46. The lowest BCUT2D eigenvalue weighted by molar-refractivity contribution is 0.409. The Morgan fingerprint density at radius 2 is 2.21 bits per heavy atom. The lowest BCUT2D eigenvalue weighted by Gasteiger charge is -2.07. The van der Waals surface area contributed by atoms with E-state index in [0.29, 0.717) is 6.54 Å². The van der Waals surface area contributed by atoms with Gasteiger partial charge in [0.15, 0.2) is 0 Å². The largest absolute Gasteiger partial charge is 0.496 e. The van der Waals surface area contributed by atoms with Gasteiger partial charge in [-0.1, -0.05) is 24.1 Å². The van der Waals surface area contributed by atoms with Crippen molar-refractivity contribution in [3.05, 3.63) is 29.8 Å². The molecule has 1 rings (SSSR count). The number of hydrogen-bond acceptors (Lipinski definition) is 2. The Morgan fingerprint density at radius 3 is 2.93 bits per heavy atom. The van der Waals surface area contributed by atoms with Crippen LogP contribution in [0.2, 0.25) is 0 Å². The molecule has 0 radical (unpaired) electrons. The van der Waals surface area contributed by atoms with Crippen LogP contribution in [0.15, 0.2) is 24.3 Å². The number of methoxy groups -OCH3 is 1. The molecule has 0 unspecified atom stereocenters. The zero-order chi connectivity index (χ0) is 10.2. The van der Waals surface area contributed by atoms with Crippen LogP contribution in [-0.2, 0) is 6.42 Å². The van der Waals surface area contributed by atoms with Crippen molar-refractivity contribution in [2.24, 2.45) is 0 Å². The standard InChI is InChI=1S/C12H15NO/c1-3-9-13-10-8-11-6-4-5-7-12(11)14-2/h1,4-7,13H,8-10H2,2H3. The number of terminal acetylenes is 1. The minimum atomic E-state index is 0.620. The van der Waals surface area contributed by atoms with Crippen molar-refractivity contribution in [1.82, 2.24) is 5.32 Å². The van der Waals surface area contributed by atoms with Gasteiger partial charge in [-0.3, -0.25) is 0 Å². The third kappa shape index (κ3) is 3.12. The van der Waals surface area contributed by atoms with Crippen molar-refractivity contribution in [2.75, 3.05) is 20.2 Å². The normalized spacial score (nSPS) is 9.43. The third-order valence-corrected chi connectivity index (χ3v) is 1.99. The summed E-state index contributed by atoms with van der Waals surface area (Å²) in [6, 6.07) is 8.02. The molecule has 1 N–H and O–H groups in total. The maximum atomic E-state index is 5.23. The molecule has 2 heteroatoms. The van der Waals surface area contributed by atoms with Crippen LogP contribution in [-0.4, -0.2) is 20.2 Å². The second kappa shape index (κ2) is 6.06. The van der Waals surface area contributed by atoms with Crippen LogP contribution in [0.3, 0.4) is 0 Å². The van der Waals surface area contributed by atoms with Crippen molar-refractivity contribution in [3.63, 3.8) is 0 Å². The molecule has 0 saturated heterocycles. The molecule has 1 aromatic rings. The van der Waals surface area contributed by atoms with Gasteiger partial charge < -0.3 is 10.1 Å². The van der Waals surface area contributed by atoms with Gasteiger partial charge in [0.1, 0.15) is 5.75 Å². The monoisotopic (exact) mass is 189 g/mol. The Bertz CT molecular complexity index is 314. The Hall–Kier alpha value is -1.46. The summed E-state index contributed by atoms with van der Waals surface area (Å²) in [5, 5.41) is 3.14. The molecule has 0 heterocycles. The second-order valence-electron chi connectivity index (χ2n) is 2.94. The van der Waals surface area contributed by atoms with Crippen molar-refractivity contribution in [1.29, 1.82) is 0 Å². The molecule has 0 fully saturated rings. The molecule has 0 bridgehead atoms. The number of hydrogen-bond donors (Lipinski definition) is 1. The molecule has 0 saturated carbocycles. The molecule has 1 aromatic carbocycles. The first-order chi connectivity index (χ1) is 6.88. The van der Waals surface area contributed by atoms with Gasteiger partial charge in [0.25, 0.3) is 0 Å². The summed E-state index contributed by atoms with van der Waals surface area (Å²) < 4.78 is 5.23. The lowest BCUT2D eigenvalue weighted by atomic mass is 10.1. The first kappa shape index (κ1) is 10.6. The average molecular weight is 189 g/mol. The molecule has 2 nitrogen and oxygen atoms in total. The van der Waals surface area contributed by atoms with E-state index in [2.05, 4.69) is 17.3 Å². The van der Waals surface area contributed by atoms with Gasteiger partial charge in [-0.25, -0.2) is 0 Å². The van der Waals surface area contributed by atoms with Gasteiger partial charge >= 0.3 is 0 Å². The smallest absolute Gasteiger partial charge is 0.122 e. The average Bonchev–Trinajstić information content (AvgIpc) is 2.25. The van der Waals surface area contributed by atoms with E-state index in [-0.39, 0.29) is 0 Å². The van der Waals surface area contributed by atoms with Crippen molar-refractivity contribution in [2.45, 2.75) is 6.42 Å². The topological polar surface area (TPSA) is 21.3 Å². The summed E-state index contributed by atoms with van der Waals surface area (Å²) in [5.74, 6) is 3.48. The summed E-state index contributed by atoms with van der Waals surface area (Å²) in [6.45, 7) is 1.50. The summed E-state index contributed by atoms with van der Waals surface area (Å²) in [6.07, 6.45) is 6.06. The van der Waals surface area contributed by atoms with E-state index in [1.54, 1.807) is 7.11 Å². The zero-order valence-corrected chi connectivity index (χ0v) is 8.42. The first-order valence-corrected chi connectivity index (χ1v) is 4.64. The zero-order valence-electron chi connectivity index (χ0n) is 8.42. The van der Waals surface area contributed by atoms with Gasteiger partial charge in [-0.05, 0) is 18.1 Å². The molecular formula is C12H15NO. The number of para-hydroxylation sites is 1. The Balaban J connectivity index is 2.46. The molecule has 0 aliphatic carbocycles. The van der Waals surface area contributed by atoms with Gasteiger partial charge in [-0.15, -0.1) is 6.42 Å². The highest BCUT2D eigenvalue weighted by Crippen LogP contribution is 2.16. The van der Waals surface area contributed by atoms with E-state index in [9.17, 15) is 0 Å². The molecular weight excluding hydrogens is 174 g/mol. The fourth-order valence-electron chi connectivity index (χ4n) is 1.29. The van der Waals surface area contributed by atoms with E-state index in [1.807, 2.05) is 18.2 Å². The quantitative estimate of drug-likeness (QED) is 0.559. The summed E-state index contributed by atoms with van der Waals surface area (Å²) in [7, 11) is 1.69. The molecule has 0 aliphatic heterocycles. The fourth-order valence-corrected chi connectivity index (χ4v) is 1.29. The minimum absolute atomic E-state index is 0.620. The number of benzene rings is 1. The van der Waals surface area contributed by atoms with E-state index in [0.717, 1.165) is 18.7 Å². The molecule has 14 heavy (non-hydrogen) atoms. The first-order valence-electron chi connectivity index (χ1n) is 4.64. The van der Waals surface area contributed by atoms with E-state index < -0.39 is 0 Å². The van der Waals surface area contributed by atoms with Crippen LogP contribution in [0.1, 0.15) is 5.56 Å². The Labute approximate surface area is 85.3 Å². The summed E-state index contributed by atoms with van der Waals surface area (Å²) in [5.41, 5.74) is 1.21. The summed E-state index contributed by atoms with van der Waals surface area (Å²) >= 11 is 0. The third-order valence-electron chi connectivity index (χ3n) is 1.99. The number of nitrogens with one attached hydrogen (secondary N) is 1. The maximum absolute atomic E-state index is 5.23. The highest BCUT2D eigenvalue weighted by Gasteiger charge is 1.99. The van der Waals surface area contributed by atoms with Crippen LogP contribution in [0.5, 0.6) is 5.75 Å². The van der Waals surface area contributed by atoms with E-state index >= 15 is 0 Å². The molecule has 0 aromatic heterocycles. The number of ether oxygens (including phenoxy) is 1. The van der Waals surface area contributed by atoms with E-state index in [4.69, 9.17) is 11.2 Å². The van der Waals surface area contributed by atoms with Crippen LogP contribution < -0.4 is 10.1 Å². The molecule has 0 spiro atoms. The van der Waals surface area contributed by atoms with Gasteiger partial charge in [-0.2, -0.15) is 0 Å². The SMILES string of the molecule is C#CCNCCc1ccccc1OC. The minimum Gasteiger partial charge on any atom is -0.496 e. The van der Waals surface area contributed by atoms with Crippen molar-refractivity contribution < 1.29 is 4.74 Å². The molecule has 0 aliphatic rings. The molecule has 0 amide bonds. The highest BCUT2D eigenvalue weighted by atomic mass is 16.5. The van der Waals surface area contributed by atoms with Gasteiger partial charge in [0.2, 0.25) is 0 Å². The van der Waals surface area contributed by atoms with Crippen LogP contribution in [0.25, 0.3) is 0 Å².